The van der Waals surface area contributed by atoms with E-state index in [0.29, 0.717) is 31.6 Å². The van der Waals surface area contributed by atoms with Gasteiger partial charge in [-0.3, -0.25) is 9.69 Å². The van der Waals surface area contributed by atoms with Crippen molar-refractivity contribution in [3.8, 4) is 0 Å². The Morgan fingerprint density at radius 3 is 2.79 bits per heavy atom. The van der Waals surface area contributed by atoms with Crippen LogP contribution in [-0.4, -0.2) is 83.8 Å². The average molecular weight is 410 g/mol. The molecule has 0 aliphatic carbocycles. The lowest BCUT2D eigenvalue weighted by molar-refractivity contribution is -0.163. The van der Waals surface area contributed by atoms with Crippen LogP contribution in [0.3, 0.4) is 0 Å². The molecule has 3 aliphatic rings. The summed E-state index contributed by atoms with van der Waals surface area (Å²) in [7, 11) is 4.74. The zero-order chi connectivity index (χ0) is 20.6. The van der Waals surface area contributed by atoms with Crippen molar-refractivity contribution >= 4 is 34.9 Å². The first kappa shape index (κ1) is 21.0. The Kier molecular flexibility index (Phi) is 6.29. The number of aliphatic hydroxyl groups is 1. The van der Waals surface area contributed by atoms with Crippen molar-refractivity contribution in [3.63, 3.8) is 0 Å². The number of rotatable bonds is 7. The molecule has 2 amide bonds. The van der Waals surface area contributed by atoms with Crippen molar-refractivity contribution in [1.82, 2.24) is 20.1 Å². The number of likely N-dealkylation sites (tertiary alicyclic amines) is 1. The third-order valence-corrected chi connectivity index (χ3v) is 6.11. The summed E-state index contributed by atoms with van der Waals surface area (Å²) in [5, 5.41) is 22.3. The van der Waals surface area contributed by atoms with Gasteiger partial charge < -0.3 is 30.0 Å². The van der Waals surface area contributed by atoms with Crippen LogP contribution in [0.4, 0.5) is 4.79 Å². The van der Waals surface area contributed by atoms with E-state index < -0.39 is 24.1 Å². The monoisotopic (exact) mass is 410 g/mol. The van der Waals surface area contributed by atoms with E-state index in [1.165, 1.54) is 4.90 Å². The maximum atomic E-state index is 12.4. The van der Waals surface area contributed by atoms with Crippen molar-refractivity contribution < 1.29 is 29.1 Å². The number of hydrogen-bond acceptors (Lipinski definition) is 7. The SMILES string of the molecule is [B]NPOC(=O)N[C@@H]1CCN(CC2=C(C(=O)O)N3C(=O)C([C@@H](C)O)[C@H]3[C@H]2C)C1. The van der Waals surface area contributed by atoms with Gasteiger partial charge in [-0.05, 0) is 18.9 Å². The normalized spacial score (nSPS) is 31.2. The number of carbonyl (C=O) groups excluding carboxylic acids is 2. The Balaban J connectivity index is 1.66. The highest BCUT2D eigenvalue weighted by Gasteiger charge is 2.59. The van der Waals surface area contributed by atoms with E-state index in [1.807, 2.05) is 6.92 Å². The van der Waals surface area contributed by atoms with Gasteiger partial charge >= 0.3 is 12.1 Å². The highest BCUT2D eigenvalue weighted by molar-refractivity contribution is 7.32. The molecular weight excluding hydrogens is 386 g/mol. The Morgan fingerprint density at radius 2 is 2.18 bits per heavy atom. The fourth-order valence-electron chi connectivity index (χ4n) is 4.46. The molecule has 0 aromatic carbocycles. The number of β-lactam (4-membered cyclic amide) rings is 1. The summed E-state index contributed by atoms with van der Waals surface area (Å²) in [6.45, 7) is 5.09. The Labute approximate surface area is 166 Å². The van der Waals surface area contributed by atoms with E-state index in [4.69, 9.17) is 12.5 Å². The molecule has 3 aliphatic heterocycles. The van der Waals surface area contributed by atoms with Gasteiger partial charge in [0.2, 0.25) is 5.91 Å². The third-order valence-electron chi connectivity index (χ3n) is 5.71. The summed E-state index contributed by atoms with van der Waals surface area (Å²) >= 11 is 0. The molecule has 2 fully saturated rings. The number of aliphatic hydroxyl groups excluding tert-OH is 1. The van der Waals surface area contributed by atoms with Gasteiger partial charge in [-0.1, -0.05) is 6.92 Å². The Bertz CT molecular complexity index is 705. The number of carboxylic acids is 1. The summed E-state index contributed by atoms with van der Waals surface area (Å²) in [6, 6.07) is -0.422. The van der Waals surface area contributed by atoms with Crippen LogP contribution in [0.2, 0.25) is 0 Å². The zero-order valence-electron chi connectivity index (χ0n) is 15.7. The van der Waals surface area contributed by atoms with Crippen molar-refractivity contribution in [3.05, 3.63) is 11.3 Å². The van der Waals surface area contributed by atoms with Crippen LogP contribution in [-0.2, 0) is 14.1 Å². The zero-order valence-corrected chi connectivity index (χ0v) is 16.7. The quantitative estimate of drug-likeness (QED) is 0.243. The van der Waals surface area contributed by atoms with E-state index >= 15 is 0 Å². The highest BCUT2D eigenvalue weighted by atomic mass is 31.1. The summed E-state index contributed by atoms with van der Waals surface area (Å²) in [5.74, 6) is -2.19. The lowest BCUT2D eigenvalue weighted by Crippen LogP contribution is -2.63. The number of carbonyl (C=O) groups is 3. The third kappa shape index (κ3) is 3.76. The predicted molar refractivity (Wildman–Crippen MR) is 101 cm³/mol. The van der Waals surface area contributed by atoms with Crippen LogP contribution >= 0.6 is 8.96 Å². The molecule has 0 bridgehead atoms. The van der Waals surface area contributed by atoms with Crippen molar-refractivity contribution in [2.45, 2.75) is 38.5 Å². The van der Waals surface area contributed by atoms with Crippen LogP contribution in [0.1, 0.15) is 20.3 Å². The van der Waals surface area contributed by atoms with Gasteiger partial charge in [0, 0.05) is 31.6 Å². The maximum absolute atomic E-state index is 12.4. The van der Waals surface area contributed by atoms with Crippen LogP contribution in [0, 0.1) is 11.8 Å². The second-order valence-corrected chi connectivity index (χ2v) is 8.13. The lowest BCUT2D eigenvalue weighted by Gasteiger charge is -2.46. The molecule has 2 saturated heterocycles. The smallest absolute Gasteiger partial charge is 0.411 e. The van der Waals surface area contributed by atoms with Gasteiger partial charge in [0.15, 0.2) is 7.98 Å². The Hall–Kier alpha value is -1.68. The molecule has 10 nitrogen and oxygen atoms in total. The molecule has 0 spiro atoms. The number of amides is 2. The van der Waals surface area contributed by atoms with E-state index in [1.54, 1.807) is 6.92 Å². The molecule has 3 rings (SSSR count). The summed E-state index contributed by atoms with van der Waals surface area (Å²) < 4.78 is 4.84. The summed E-state index contributed by atoms with van der Waals surface area (Å²) in [5.41, 5.74) is 0.719. The van der Waals surface area contributed by atoms with Gasteiger partial charge in [-0.25, -0.2) is 9.59 Å². The highest BCUT2D eigenvalue weighted by Crippen LogP contribution is 2.47. The first-order valence-corrected chi connectivity index (χ1v) is 10.0. The largest absolute Gasteiger partial charge is 0.477 e. The van der Waals surface area contributed by atoms with Crippen molar-refractivity contribution in [1.29, 1.82) is 0 Å². The first-order chi connectivity index (χ1) is 13.3. The van der Waals surface area contributed by atoms with E-state index in [9.17, 15) is 24.6 Å². The molecular formula is C16H24BN4O6P. The standard InChI is InChI=1S/C16H24BN4O6P/c1-7-10(6-20-4-3-9(5-20)18-16(26)27-28-19-17)13(15(24)25)21-12(7)11(8(2)22)14(21)23/h7-9,11-12,19,22,28H,3-6H2,1-2H3,(H,18,26)(H,24,25)/t7-,8+,9+,11?,12+/m0/s1. The molecule has 0 aromatic rings. The second-order valence-electron chi connectivity index (χ2n) is 7.43. The predicted octanol–water partition coefficient (Wildman–Crippen LogP) is -0.835. The molecule has 12 heteroatoms. The van der Waals surface area contributed by atoms with Crippen LogP contribution < -0.4 is 10.3 Å². The van der Waals surface area contributed by atoms with Gasteiger partial charge in [-0.15, -0.1) is 0 Å². The van der Waals surface area contributed by atoms with Gasteiger partial charge in [0.25, 0.3) is 0 Å². The molecule has 28 heavy (non-hydrogen) atoms. The van der Waals surface area contributed by atoms with Crippen LogP contribution in [0.5, 0.6) is 0 Å². The average Bonchev–Trinajstić information content (AvgIpc) is 3.14. The fraction of sp³-hybridized carbons (Fsp3) is 0.688. The van der Waals surface area contributed by atoms with Crippen LogP contribution in [0.15, 0.2) is 11.3 Å². The summed E-state index contributed by atoms with van der Waals surface area (Å²) in [4.78, 5) is 41.5. The van der Waals surface area contributed by atoms with Crippen LogP contribution in [0.25, 0.3) is 0 Å². The van der Waals surface area contributed by atoms with E-state index in [-0.39, 0.29) is 38.6 Å². The van der Waals surface area contributed by atoms with Crippen molar-refractivity contribution in [2.75, 3.05) is 19.6 Å². The molecule has 2 radical (unpaired) electrons. The fourth-order valence-corrected chi connectivity index (χ4v) is 4.67. The minimum absolute atomic E-state index is 0.0328. The van der Waals surface area contributed by atoms with E-state index in [0.717, 1.165) is 0 Å². The molecule has 4 N–H and O–H groups in total. The van der Waals surface area contributed by atoms with E-state index in [2.05, 4.69) is 15.2 Å². The topological polar surface area (TPSA) is 131 Å². The van der Waals surface area contributed by atoms with Gasteiger partial charge in [0.1, 0.15) is 14.7 Å². The molecule has 6 atom stereocenters. The minimum atomic E-state index is -1.13. The van der Waals surface area contributed by atoms with Gasteiger partial charge in [-0.2, -0.15) is 0 Å². The van der Waals surface area contributed by atoms with Crippen molar-refractivity contribution in [2.24, 2.45) is 11.8 Å². The molecule has 2 unspecified atom stereocenters. The number of fused-ring (bicyclic) bond motifs is 1. The first-order valence-electron chi connectivity index (χ1n) is 9.14. The number of nitrogens with zero attached hydrogens (tertiary/aromatic N) is 2. The second kappa shape index (κ2) is 8.36. The molecule has 152 valence electrons. The molecule has 3 heterocycles. The summed E-state index contributed by atoms with van der Waals surface area (Å²) in [6.07, 6.45) is -0.668. The molecule has 0 aromatic heterocycles. The lowest BCUT2D eigenvalue weighted by atomic mass is 9.77. The number of nitrogens with one attached hydrogen (secondary N) is 2. The maximum Gasteiger partial charge on any atom is 0.411 e. The van der Waals surface area contributed by atoms with Gasteiger partial charge in [0.05, 0.1) is 18.1 Å². The molecule has 0 saturated carbocycles. The minimum Gasteiger partial charge on any atom is -0.477 e. The number of hydrogen-bond donors (Lipinski definition) is 4. The number of carboxylic acid groups (broad SMARTS) is 1. The Morgan fingerprint density at radius 1 is 1.46 bits per heavy atom. The number of aliphatic carboxylic acids is 1.